The van der Waals surface area contributed by atoms with Gasteiger partial charge in [0.2, 0.25) is 5.91 Å². The molecule has 0 spiro atoms. The smallest absolute Gasteiger partial charge is 0.216 e. The van der Waals surface area contributed by atoms with Crippen LogP contribution in [0.4, 0.5) is 0 Å². The van der Waals surface area contributed by atoms with E-state index >= 15 is 0 Å². The van der Waals surface area contributed by atoms with E-state index in [4.69, 9.17) is 14.2 Å². The van der Waals surface area contributed by atoms with Crippen LogP contribution in [-0.4, -0.2) is 51.5 Å². The van der Waals surface area contributed by atoms with E-state index in [2.05, 4.69) is 42.7 Å². The Kier molecular flexibility index (Phi) is 9.18. The van der Waals surface area contributed by atoms with Crippen molar-refractivity contribution in [2.24, 2.45) is 10.8 Å². The van der Waals surface area contributed by atoms with Crippen molar-refractivity contribution >= 4 is 11.5 Å². The Morgan fingerprint density at radius 2 is 1.69 bits per heavy atom. The Morgan fingerprint density at radius 3 is 2.28 bits per heavy atom. The molecule has 0 saturated heterocycles. The SMILES string of the molecule is COc1cc(OCC2(CO)C=CC=C(c3ccccc3)C2(C)C)cc(OC)c1CNCCNC(C)=O. The predicted octanol–water partition coefficient (Wildman–Crippen LogP) is 3.97. The molecule has 2 aromatic carbocycles. The first-order valence-corrected chi connectivity index (χ1v) is 12.2. The van der Waals surface area contributed by atoms with Crippen molar-refractivity contribution < 1.29 is 24.1 Å². The highest BCUT2D eigenvalue weighted by molar-refractivity contribution is 5.74. The molecular weight excluding hydrogens is 456 g/mol. The monoisotopic (exact) mass is 494 g/mol. The van der Waals surface area contributed by atoms with Crippen molar-refractivity contribution in [2.45, 2.75) is 27.3 Å². The van der Waals surface area contributed by atoms with Crippen molar-refractivity contribution in [3.8, 4) is 17.2 Å². The second-order valence-electron chi connectivity index (χ2n) is 9.50. The van der Waals surface area contributed by atoms with Gasteiger partial charge in [-0.3, -0.25) is 4.79 Å². The van der Waals surface area contributed by atoms with Gasteiger partial charge in [-0.1, -0.05) is 62.4 Å². The molecule has 3 rings (SSSR count). The lowest BCUT2D eigenvalue weighted by Crippen LogP contribution is -2.46. The predicted molar refractivity (Wildman–Crippen MR) is 142 cm³/mol. The van der Waals surface area contributed by atoms with E-state index in [1.807, 2.05) is 42.5 Å². The highest BCUT2D eigenvalue weighted by Gasteiger charge is 2.47. The van der Waals surface area contributed by atoms with Crippen LogP contribution < -0.4 is 24.8 Å². The zero-order valence-corrected chi connectivity index (χ0v) is 21.9. The number of aliphatic hydroxyl groups is 1. The van der Waals surface area contributed by atoms with E-state index in [0.29, 0.717) is 36.9 Å². The summed E-state index contributed by atoms with van der Waals surface area (Å²) in [6.45, 7) is 7.65. The Morgan fingerprint density at radius 1 is 1.03 bits per heavy atom. The number of hydrogen-bond donors (Lipinski definition) is 3. The molecule has 1 aliphatic rings. The lowest BCUT2D eigenvalue weighted by Gasteiger charge is -2.47. The van der Waals surface area contributed by atoms with Gasteiger partial charge in [-0.25, -0.2) is 0 Å². The quantitative estimate of drug-likeness (QED) is 0.387. The summed E-state index contributed by atoms with van der Waals surface area (Å²) in [5.41, 5.74) is 2.13. The zero-order chi connectivity index (χ0) is 26.2. The molecule has 7 heteroatoms. The van der Waals surface area contributed by atoms with Gasteiger partial charge in [-0.15, -0.1) is 0 Å². The van der Waals surface area contributed by atoms with E-state index in [0.717, 1.165) is 16.7 Å². The first kappa shape index (κ1) is 27.3. The molecule has 0 bridgehead atoms. The number of aliphatic hydroxyl groups excluding tert-OH is 1. The summed E-state index contributed by atoms with van der Waals surface area (Å²) in [6.07, 6.45) is 6.16. The van der Waals surface area contributed by atoms with Crippen LogP contribution in [0.2, 0.25) is 0 Å². The zero-order valence-electron chi connectivity index (χ0n) is 21.9. The number of nitrogens with one attached hydrogen (secondary N) is 2. The number of rotatable bonds is 12. The molecule has 1 aliphatic carbocycles. The minimum Gasteiger partial charge on any atom is -0.496 e. The number of allylic oxidation sites excluding steroid dienone is 3. The number of benzene rings is 2. The summed E-state index contributed by atoms with van der Waals surface area (Å²) >= 11 is 0. The van der Waals surface area contributed by atoms with Crippen LogP contribution in [0.1, 0.15) is 31.9 Å². The summed E-state index contributed by atoms with van der Waals surface area (Å²) in [5.74, 6) is 1.81. The van der Waals surface area contributed by atoms with Crippen LogP contribution in [0.15, 0.2) is 60.7 Å². The van der Waals surface area contributed by atoms with Gasteiger partial charge in [-0.2, -0.15) is 0 Å². The van der Waals surface area contributed by atoms with Crippen molar-refractivity contribution in [1.82, 2.24) is 10.6 Å². The average Bonchev–Trinajstić information content (AvgIpc) is 2.88. The Bertz CT molecular complexity index is 1070. The normalized spacial score (nSPS) is 18.3. The fourth-order valence-electron chi connectivity index (χ4n) is 4.58. The van der Waals surface area contributed by atoms with Gasteiger partial charge in [0.15, 0.2) is 0 Å². The summed E-state index contributed by atoms with van der Waals surface area (Å²) in [4.78, 5) is 11.1. The van der Waals surface area contributed by atoms with Gasteiger partial charge in [0.25, 0.3) is 0 Å². The third-order valence-corrected chi connectivity index (χ3v) is 7.02. The van der Waals surface area contributed by atoms with Crippen LogP contribution in [-0.2, 0) is 11.3 Å². The maximum absolute atomic E-state index is 11.1. The minimum absolute atomic E-state index is 0.0588. The summed E-state index contributed by atoms with van der Waals surface area (Å²) in [7, 11) is 3.22. The molecule has 0 heterocycles. The molecule has 2 aromatic rings. The maximum Gasteiger partial charge on any atom is 0.216 e. The van der Waals surface area contributed by atoms with Crippen molar-refractivity contribution in [1.29, 1.82) is 0 Å². The van der Waals surface area contributed by atoms with Crippen LogP contribution >= 0.6 is 0 Å². The second-order valence-corrected chi connectivity index (χ2v) is 9.50. The van der Waals surface area contributed by atoms with E-state index in [-0.39, 0.29) is 24.5 Å². The van der Waals surface area contributed by atoms with E-state index in [9.17, 15) is 9.90 Å². The van der Waals surface area contributed by atoms with Crippen LogP contribution in [0, 0.1) is 10.8 Å². The first-order valence-electron chi connectivity index (χ1n) is 12.2. The van der Waals surface area contributed by atoms with Gasteiger partial charge < -0.3 is 30.0 Å². The standard InChI is InChI=1S/C29H38N2O5/c1-21(33)31-15-14-30-18-24-26(34-4)16-23(17-27(24)35-5)36-20-29(19-32)13-9-12-25(28(29,2)3)22-10-7-6-8-11-22/h6-13,16-17,30,32H,14-15,18-20H2,1-5H3,(H,31,33). The maximum atomic E-state index is 11.1. The molecule has 0 fully saturated rings. The molecule has 194 valence electrons. The molecule has 36 heavy (non-hydrogen) atoms. The highest BCUT2D eigenvalue weighted by atomic mass is 16.5. The molecule has 0 radical (unpaired) electrons. The molecule has 1 unspecified atom stereocenters. The van der Waals surface area contributed by atoms with Gasteiger partial charge in [0.1, 0.15) is 23.9 Å². The van der Waals surface area contributed by atoms with E-state index < -0.39 is 5.41 Å². The lowest BCUT2D eigenvalue weighted by atomic mass is 9.59. The van der Waals surface area contributed by atoms with Gasteiger partial charge in [0, 0.05) is 44.1 Å². The van der Waals surface area contributed by atoms with E-state index in [1.165, 1.54) is 6.92 Å². The Balaban J connectivity index is 1.79. The van der Waals surface area contributed by atoms with Gasteiger partial charge in [0.05, 0.1) is 31.8 Å². The molecule has 0 aliphatic heterocycles. The van der Waals surface area contributed by atoms with Gasteiger partial charge >= 0.3 is 0 Å². The number of hydrogen-bond acceptors (Lipinski definition) is 6. The average molecular weight is 495 g/mol. The summed E-state index contributed by atoms with van der Waals surface area (Å²) in [6, 6.07) is 13.9. The summed E-state index contributed by atoms with van der Waals surface area (Å²) in [5, 5.41) is 16.7. The topological polar surface area (TPSA) is 89.1 Å². The summed E-state index contributed by atoms with van der Waals surface area (Å²) < 4.78 is 17.6. The number of carbonyl (C=O) groups excluding carboxylic acids is 1. The van der Waals surface area contributed by atoms with E-state index in [1.54, 1.807) is 14.2 Å². The molecule has 1 atom stereocenters. The number of ether oxygens (including phenoxy) is 3. The fourth-order valence-corrected chi connectivity index (χ4v) is 4.58. The second kappa shape index (κ2) is 12.1. The minimum atomic E-state index is -0.628. The third-order valence-electron chi connectivity index (χ3n) is 7.02. The van der Waals surface area contributed by atoms with Crippen molar-refractivity contribution in [3.63, 3.8) is 0 Å². The number of amides is 1. The Labute approximate surface area is 214 Å². The lowest BCUT2D eigenvalue weighted by molar-refractivity contribution is -0.118. The third kappa shape index (κ3) is 5.91. The molecular formula is C29H38N2O5. The van der Waals surface area contributed by atoms with Crippen LogP contribution in [0.3, 0.4) is 0 Å². The molecule has 0 aromatic heterocycles. The van der Waals surface area contributed by atoms with Crippen molar-refractivity contribution in [3.05, 3.63) is 71.8 Å². The molecule has 7 nitrogen and oxygen atoms in total. The number of carbonyl (C=O) groups is 1. The Hall–Kier alpha value is -3.29. The van der Waals surface area contributed by atoms with Crippen LogP contribution in [0.25, 0.3) is 5.57 Å². The molecule has 0 saturated carbocycles. The molecule has 1 amide bonds. The van der Waals surface area contributed by atoms with Gasteiger partial charge in [-0.05, 0) is 11.1 Å². The largest absolute Gasteiger partial charge is 0.496 e. The van der Waals surface area contributed by atoms with Crippen LogP contribution in [0.5, 0.6) is 17.2 Å². The number of methoxy groups -OCH3 is 2. The fraction of sp³-hybridized carbons (Fsp3) is 0.414. The first-order chi connectivity index (χ1) is 17.3. The highest BCUT2D eigenvalue weighted by Crippen LogP contribution is 2.52. The molecule has 3 N–H and O–H groups in total. The van der Waals surface area contributed by atoms with Crippen molar-refractivity contribution in [2.75, 3.05) is 40.5 Å².